The number of carbonyl (C=O) groups excluding carboxylic acids is 3. The van der Waals surface area contributed by atoms with Crippen LogP contribution >= 0.6 is 0 Å². The maximum absolute atomic E-state index is 12.4. The highest BCUT2D eigenvalue weighted by molar-refractivity contribution is 5.92. The molecule has 16 heteroatoms. The molecule has 0 heterocycles. The van der Waals surface area contributed by atoms with Crippen molar-refractivity contribution in [3.05, 3.63) is 53.1 Å². The Kier molecular flexibility index (Phi) is 9.00. The molecule has 9 N–H and O–H groups in total. The van der Waals surface area contributed by atoms with E-state index in [0.29, 0.717) is 0 Å². The highest BCUT2D eigenvalue weighted by Gasteiger charge is 2.22. The molecule has 41 heavy (non-hydrogen) atoms. The number of esters is 3. The summed E-state index contributed by atoms with van der Waals surface area (Å²) in [5.41, 5.74) is -1.15. The van der Waals surface area contributed by atoms with Crippen LogP contribution in [-0.4, -0.2) is 90.0 Å². The van der Waals surface area contributed by atoms with Gasteiger partial charge in [-0.05, 0) is 36.4 Å². The van der Waals surface area contributed by atoms with Crippen molar-refractivity contribution in [2.45, 2.75) is 6.10 Å². The van der Waals surface area contributed by atoms with Gasteiger partial charge < -0.3 is 64.9 Å². The van der Waals surface area contributed by atoms with Crippen molar-refractivity contribution >= 4 is 17.9 Å². The molecule has 3 aromatic rings. The van der Waals surface area contributed by atoms with E-state index in [2.05, 4.69) is 0 Å². The number of aromatic hydroxyl groups is 9. The first kappa shape index (κ1) is 29.8. The number of hydrogen-bond donors (Lipinski definition) is 9. The molecule has 218 valence electrons. The van der Waals surface area contributed by atoms with E-state index in [1.54, 1.807) is 0 Å². The predicted molar refractivity (Wildman–Crippen MR) is 130 cm³/mol. The summed E-state index contributed by atoms with van der Waals surface area (Å²) < 4.78 is 20.1. The quantitative estimate of drug-likeness (QED) is 0.0708. The maximum atomic E-state index is 12.4. The van der Waals surface area contributed by atoms with Gasteiger partial charge in [0.15, 0.2) is 58.5 Å². The highest BCUT2D eigenvalue weighted by Crippen LogP contribution is 2.37. The minimum atomic E-state index is -1.35. The van der Waals surface area contributed by atoms with E-state index in [0.717, 1.165) is 36.4 Å². The molecular formula is C25H22O16. The second-order valence-corrected chi connectivity index (χ2v) is 8.12. The van der Waals surface area contributed by atoms with E-state index in [-0.39, 0.29) is 16.7 Å². The summed E-state index contributed by atoms with van der Waals surface area (Å²) in [6.07, 6.45) is -1.35. The molecule has 0 fully saturated rings. The minimum Gasteiger partial charge on any atom is -0.504 e. The van der Waals surface area contributed by atoms with Gasteiger partial charge in [0.05, 0.1) is 16.7 Å². The van der Waals surface area contributed by atoms with Gasteiger partial charge in [0.1, 0.15) is 19.3 Å². The number of benzene rings is 3. The third kappa shape index (κ3) is 7.21. The van der Waals surface area contributed by atoms with E-state index in [9.17, 15) is 60.3 Å². The van der Waals surface area contributed by atoms with Crippen LogP contribution < -0.4 is 0 Å². The van der Waals surface area contributed by atoms with E-state index in [1.807, 2.05) is 0 Å². The fraction of sp³-hybridized carbons (Fsp3) is 0.160. The molecule has 0 saturated carbocycles. The Balaban J connectivity index is 1.68. The summed E-state index contributed by atoms with van der Waals surface area (Å²) in [4.78, 5) is 37.0. The van der Waals surface area contributed by atoms with Crippen molar-refractivity contribution in [2.75, 3.05) is 20.0 Å². The van der Waals surface area contributed by atoms with E-state index < -0.39 is 95.8 Å². The number of phenolic OH excluding ortho intramolecular Hbond substituents is 9. The summed E-state index contributed by atoms with van der Waals surface area (Å²) in [6, 6.07) is 4.76. The molecule has 0 aromatic heterocycles. The zero-order chi connectivity index (χ0) is 30.4. The fourth-order valence-corrected chi connectivity index (χ4v) is 3.08. The van der Waals surface area contributed by atoms with Crippen molar-refractivity contribution in [1.29, 1.82) is 0 Å². The Morgan fingerprint density at radius 3 is 1.05 bits per heavy atom. The van der Waals surface area contributed by atoms with Crippen LogP contribution in [0.2, 0.25) is 0 Å². The van der Waals surface area contributed by atoms with Crippen LogP contribution in [0, 0.1) is 0 Å². The van der Waals surface area contributed by atoms with Gasteiger partial charge in [-0.3, -0.25) is 0 Å². The molecule has 0 spiro atoms. The first-order valence-corrected chi connectivity index (χ1v) is 11.2. The standard InChI is InChI=1S/C25H22O16/c26-14-1-10(2-15(27)20(14)32)23(35)38-7-13(8-39-24(36)11-3-16(28)21(33)17(29)4-11)40-9-41-25(37)12-5-18(30)22(34)19(31)6-12/h1-6,13,26-34H,7-9H2. The SMILES string of the molecule is O=C(OCOC(COC(=O)c1cc(O)c(O)c(O)c1)COC(=O)c1cc(O)c(O)c(O)c1)c1cc(O)c(O)c(O)c1. The first-order valence-electron chi connectivity index (χ1n) is 11.2. The van der Waals surface area contributed by atoms with Gasteiger partial charge >= 0.3 is 17.9 Å². The van der Waals surface area contributed by atoms with Gasteiger partial charge in [-0.1, -0.05) is 0 Å². The largest absolute Gasteiger partial charge is 0.504 e. The van der Waals surface area contributed by atoms with E-state index in [4.69, 9.17) is 18.9 Å². The highest BCUT2D eigenvalue weighted by atomic mass is 16.7. The molecule has 0 amide bonds. The lowest BCUT2D eigenvalue weighted by molar-refractivity contribution is -0.0995. The van der Waals surface area contributed by atoms with E-state index in [1.165, 1.54) is 0 Å². The average Bonchev–Trinajstić information content (AvgIpc) is 2.92. The molecule has 0 aliphatic rings. The van der Waals surface area contributed by atoms with Crippen LogP contribution in [0.1, 0.15) is 31.1 Å². The number of phenols is 9. The van der Waals surface area contributed by atoms with Gasteiger partial charge in [-0.15, -0.1) is 0 Å². The molecule has 0 radical (unpaired) electrons. The van der Waals surface area contributed by atoms with Crippen LogP contribution in [0.15, 0.2) is 36.4 Å². The summed E-state index contributed by atoms with van der Waals surface area (Å²) in [7, 11) is 0. The van der Waals surface area contributed by atoms with Crippen LogP contribution in [0.4, 0.5) is 0 Å². The van der Waals surface area contributed by atoms with Crippen LogP contribution in [0.3, 0.4) is 0 Å². The van der Waals surface area contributed by atoms with Gasteiger partial charge in [0, 0.05) is 0 Å². The number of ether oxygens (including phenoxy) is 4. The number of carbonyl (C=O) groups is 3. The first-order chi connectivity index (χ1) is 19.3. The summed E-state index contributed by atoms with van der Waals surface area (Å²) in [6.45, 7) is -2.22. The molecule has 0 saturated heterocycles. The second kappa shape index (κ2) is 12.4. The minimum absolute atomic E-state index is 0.380. The van der Waals surface area contributed by atoms with Crippen LogP contribution in [0.5, 0.6) is 51.7 Å². The second-order valence-electron chi connectivity index (χ2n) is 8.12. The third-order valence-corrected chi connectivity index (χ3v) is 5.21. The number of rotatable bonds is 10. The maximum Gasteiger partial charge on any atom is 0.340 e. The average molecular weight is 578 g/mol. The molecule has 0 atom stereocenters. The van der Waals surface area contributed by atoms with Gasteiger partial charge in [-0.2, -0.15) is 0 Å². The van der Waals surface area contributed by atoms with Crippen molar-refractivity contribution in [3.63, 3.8) is 0 Å². The third-order valence-electron chi connectivity index (χ3n) is 5.21. The topological polar surface area (TPSA) is 270 Å². The Morgan fingerprint density at radius 2 is 0.756 bits per heavy atom. The lowest BCUT2D eigenvalue weighted by Crippen LogP contribution is -2.30. The summed E-state index contributed by atoms with van der Waals surface area (Å²) >= 11 is 0. The van der Waals surface area contributed by atoms with Gasteiger partial charge in [0.25, 0.3) is 0 Å². The fourth-order valence-electron chi connectivity index (χ4n) is 3.08. The predicted octanol–water partition coefficient (Wildman–Crippen LogP) is 1.25. The smallest absolute Gasteiger partial charge is 0.340 e. The van der Waals surface area contributed by atoms with Crippen molar-refractivity contribution in [3.8, 4) is 51.7 Å². The zero-order valence-electron chi connectivity index (χ0n) is 20.5. The molecule has 3 rings (SSSR count). The molecular weight excluding hydrogens is 556 g/mol. The van der Waals surface area contributed by atoms with Crippen LogP contribution in [-0.2, 0) is 18.9 Å². The Hall–Kier alpha value is -5.77. The Labute approximate surface area is 228 Å². The lowest BCUT2D eigenvalue weighted by Gasteiger charge is -2.18. The van der Waals surface area contributed by atoms with Crippen molar-refractivity contribution in [1.82, 2.24) is 0 Å². The molecule has 0 aliphatic heterocycles. The molecule has 3 aromatic carbocycles. The van der Waals surface area contributed by atoms with E-state index >= 15 is 0 Å². The molecule has 0 unspecified atom stereocenters. The monoisotopic (exact) mass is 578 g/mol. The van der Waals surface area contributed by atoms with Crippen LogP contribution in [0.25, 0.3) is 0 Å². The molecule has 0 bridgehead atoms. The molecule has 16 nitrogen and oxygen atoms in total. The zero-order valence-corrected chi connectivity index (χ0v) is 20.5. The van der Waals surface area contributed by atoms with Crippen molar-refractivity contribution < 1.29 is 79.3 Å². The normalized spacial score (nSPS) is 10.8. The summed E-state index contributed by atoms with van der Waals surface area (Å²) in [5, 5.41) is 85.6. The lowest BCUT2D eigenvalue weighted by atomic mass is 10.2. The van der Waals surface area contributed by atoms with Gasteiger partial charge in [0.2, 0.25) is 0 Å². The number of hydrogen-bond acceptors (Lipinski definition) is 16. The summed E-state index contributed by atoms with van der Waals surface area (Å²) in [5.74, 6) is -10.9. The Morgan fingerprint density at radius 1 is 0.488 bits per heavy atom. The molecule has 0 aliphatic carbocycles. The van der Waals surface area contributed by atoms with Gasteiger partial charge in [-0.25, -0.2) is 14.4 Å². The Bertz CT molecular complexity index is 1340. The van der Waals surface area contributed by atoms with Crippen molar-refractivity contribution in [2.24, 2.45) is 0 Å².